The molecule has 1 rings (SSSR count). The van der Waals surface area contributed by atoms with Crippen molar-refractivity contribution in [3.05, 3.63) is 34.3 Å². The van der Waals surface area contributed by atoms with E-state index in [0.717, 1.165) is 6.07 Å². The third kappa shape index (κ3) is 4.25. The van der Waals surface area contributed by atoms with Gasteiger partial charge >= 0.3 is 6.18 Å². The van der Waals surface area contributed by atoms with Crippen LogP contribution in [-0.4, -0.2) is 11.2 Å². The first-order chi connectivity index (χ1) is 8.46. The fourth-order valence-corrected chi connectivity index (χ4v) is 2.09. The minimum atomic E-state index is -4.54. The zero-order valence-corrected chi connectivity index (χ0v) is 12.9. The second-order valence-corrected chi connectivity index (χ2v) is 5.92. The highest BCUT2D eigenvalue weighted by atomic mass is 35.5. The van der Waals surface area contributed by atoms with Crippen molar-refractivity contribution < 1.29 is 18.3 Å². The van der Waals surface area contributed by atoms with Gasteiger partial charge in [0.1, 0.15) is 0 Å². The van der Waals surface area contributed by atoms with Gasteiger partial charge in [0.05, 0.1) is 22.7 Å². The SMILES string of the molecule is CC(C)(C)[C@@H](O)[C@@H](N)c1cccc(C(F)(F)F)c1Cl.Cl. The first kappa shape index (κ1) is 19.5. The summed E-state index contributed by atoms with van der Waals surface area (Å²) < 4.78 is 38.2. The van der Waals surface area contributed by atoms with E-state index in [2.05, 4.69) is 0 Å². The van der Waals surface area contributed by atoms with Crippen LogP contribution in [0.3, 0.4) is 0 Å². The molecular formula is C13H18Cl2F3NO. The lowest BCUT2D eigenvalue weighted by Gasteiger charge is -2.31. The Balaban J connectivity index is 0.00000361. The molecule has 2 nitrogen and oxygen atoms in total. The predicted octanol–water partition coefficient (Wildman–Crippen LogP) is 4.19. The van der Waals surface area contributed by atoms with Gasteiger partial charge in [-0.05, 0) is 17.0 Å². The molecule has 0 radical (unpaired) electrons. The topological polar surface area (TPSA) is 46.2 Å². The third-order valence-electron chi connectivity index (χ3n) is 2.92. The Morgan fingerprint density at radius 2 is 1.70 bits per heavy atom. The molecule has 0 aliphatic heterocycles. The van der Waals surface area contributed by atoms with Crippen LogP contribution < -0.4 is 5.73 Å². The van der Waals surface area contributed by atoms with Gasteiger partial charge in [0.25, 0.3) is 0 Å². The van der Waals surface area contributed by atoms with Gasteiger partial charge in [-0.1, -0.05) is 44.5 Å². The van der Waals surface area contributed by atoms with Crippen molar-refractivity contribution in [2.75, 3.05) is 0 Å². The molecule has 0 bridgehead atoms. The number of nitrogens with two attached hydrogens (primary N) is 1. The maximum absolute atomic E-state index is 12.7. The van der Waals surface area contributed by atoms with E-state index >= 15 is 0 Å². The number of halogens is 5. The van der Waals surface area contributed by atoms with Crippen LogP contribution in [-0.2, 0) is 6.18 Å². The normalized spacial score (nSPS) is 15.4. The summed E-state index contributed by atoms with van der Waals surface area (Å²) in [6.45, 7) is 5.25. The summed E-state index contributed by atoms with van der Waals surface area (Å²) in [5.74, 6) is 0. The molecule has 0 spiro atoms. The van der Waals surface area contributed by atoms with Crippen molar-refractivity contribution in [3.8, 4) is 0 Å². The smallest absolute Gasteiger partial charge is 0.391 e. The van der Waals surface area contributed by atoms with Crippen molar-refractivity contribution in [1.29, 1.82) is 0 Å². The van der Waals surface area contributed by atoms with Crippen molar-refractivity contribution in [2.24, 2.45) is 11.1 Å². The van der Waals surface area contributed by atoms with Crippen LogP contribution in [0, 0.1) is 5.41 Å². The van der Waals surface area contributed by atoms with Crippen LogP contribution >= 0.6 is 24.0 Å². The van der Waals surface area contributed by atoms with E-state index in [1.807, 2.05) is 0 Å². The molecule has 0 aliphatic carbocycles. The van der Waals surface area contributed by atoms with Gasteiger partial charge in [0.2, 0.25) is 0 Å². The fraction of sp³-hybridized carbons (Fsp3) is 0.538. The number of alkyl halides is 3. The van der Waals surface area contributed by atoms with Crippen molar-refractivity contribution >= 4 is 24.0 Å². The van der Waals surface area contributed by atoms with Gasteiger partial charge in [-0.15, -0.1) is 12.4 Å². The molecular weight excluding hydrogens is 314 g/mol. The van der Waals surface area contributed by atoms with Crippen LogP contribution in [0.25, 0.3) is 0 Å². The highest BCUT2D eigenvalue weighted by Gasteiger charge is 2.36. The molecule has 0 saturated heterocycles. The van der Waals surface area contributed by atoms with Gasteiger partial charge in [0.15, 0.2) is 0 Å². The number of aliphatic hydroxyl groups excluding tert-OH is 1. The van der Waals surface area contributed by atoms with E-state index in [1.165, 1.54) is 12.1 Å². The number of benzene rings is 1. The Morgan fingerprint density at radius 3 is 2.10 bits per heavy atom. The molecule has 1 aromatic carbocycles. The molecule has 0 heterocycles. The van der Waals surface area contributed by atoms with E-state index in [0.29, 0.717) is 0 Å². The largest absolute Gasteiger partial charge is 0.417 e. The summed E-state index contributed by atoms with van der Waals surface area (Å²) in [7, 11) is 0. The second-order valence-electron chi connectivity index (χ2n) is 5.54. The molecule has 7 heteroatoms. The average molecular weight is 332 g/mol. The van der Waals surface area contributed by atoms with Gasteiger partial charge in [-0.3, -0.25) is 0 Å². The highest BCUT2D eigenvalue weighted by molar-refractivity contribution is 6.32. The summed E-state index contributed by atoms with van der Waals surface area (Å²) >= 11 is 5.77. The zero-order chi connectivity index (χ0) is 15.0. The molecule has 116 valence electrons. The van der Waals surface area contributed by atoms with Crippen LogP contribution in [0.15, 0.2) is 18.2 Å². The zero-order valence-electron chi connectivity index (χ0n) is 11.3. The Morgan fingerprint density at radius 1 is 1.20 bits per heavy atom. The van der Waals surface area contributed by atoms with Crippen LogP contribution in [0.1, 0.15) is 37.9 Å². The lowest BCUT2D eigenvalue weighted by atomic mass is 9.82. The minimum absolute atomic E-state index is 0. The molecule has 20 heavy (non-hydrogen) atoms. The number of hydrogen-bond donors (Lipinski definition) is 2. The maximum atomic E-state index is 12.7. The molecule has 3 N–H and O–H groups in total. The maximum Gasteiger partial charge on any atom is 0.417 e. The van der Waals surface area contributed by atoms with Crippen LogP contribution in [0.2, 0.25) is 5.02 Å². The van der Waals surface area contributed by atoms with E-state index in [4.69, 9.17) is 17.3 Å². The van der Waals surface area contributed by atoms with Gasteiger partial charge in [0, 0.05) is 0 Å². The lowest BCUT2D eigenvalue weighted by Crippen LogP contribution is -2.37. The Hall–Kier alpha value is -0.490. The minimum Gasteiger partial charge on any atom is -0.391 e. The van der Waals surface area contributed by atoms with E-state index in [1.54, 1.807) is 20.8 Å². The summed E-state index contributed by atoms with van der Waals surface area (Å²) in [5, 5.41) is 9.61. The molecule has 0 unspecified atom stereocenters. The molecule has 0 aliphatic rings. The Bertz CT molecular complexity index is 458. The standard InChI is InChI=1S/C13H17ClF3NO.ClH/c1-12(2,3)11(19)10(18)7-5-4-6-8(9(7)14)13(15,16)17;/h4-6,10-11,19H,18H2,1-3H3;1H/t10-,11-;/m0./s1. The average Bonchev–Trinajstić information content (AvgIpc) is 2.24. The Kier molecular flexibility index (Phi) is 6.36. The fourth-order valence-electron chi connectivity index (χ4n) is 1.73. The van der Waals surface area contributed by atoms with E-state index in [9.17, 15) is 18.3 Å². The molecule has 2 atom stereocenters. The van der Waals surface area contributed by atoms with Crippen molar-refractivity contribution in [1.82, 2.24) is 0 Å². The monoisotopic (exact) mass is 331 g/mol. The summed E-state index contributed by atoms with van der Waals surface area (Å²) in [5.41, 5.74) is 4.43. The quantitative estimate of drug-likeness (QED) is 0.853. The number of hydrogen-bond acceptors (Lipinski definition) is 2. The molecule has 0 fully saturated rings. The van der Waals surface area contributed by atoms with Gasteiger partial charge < -0.3 is 10.8 Å². The van der Waals surface area contributed by atoms with Crippen molar-refractivity contribution in [3.63, 3.8) is 0 Å². The van der Waals surface area contributed by atoms with Gasteiger partial charge in [-0.25, -0.2) is 0 Å². The molecule has 0 saturated carbocycles. The molecule has 0 amide bonds. The summed E-state index contributed by atoms with van der Waals surface area (Å²) in [6.07, 6.45) is -5.55. The number of aliphatic hydroxyl groups is 1. The third-order valence-corrected chi connectivity index (χ3v) is 3.34. The lowest BCUT2D eigenvalue weighted by molar-refractivity contribution is -0.137. The Labute approximate surface area is 127 Å². The van der Waals surface area contributed by atoms with Crippen molar-refractivity contribution in [2.45, 2.75) is 39.1 Å². The van der Waals surface area contributed by atoms with Gasteiger partial charge in [-0.2, -0.15) is 13.2 Å². The highest BCUT2D eigenvalue weighted by Crippen LogP contribution is 2.39. The number of rotatable bonds is 2. The van der Waals surface area contributed by atoms with Crippen LogP contribution in [0.4, 0.5) is 13.2 Å². The predicted molar refractivity (Wildman–Crippen MR) is 76.1 cm³/mol. The van der Waals surface area contributed by atoms with E-state index in [-0.39, 0.29) is 18.0 Å². The van der Waals surface area contributed by atoms with Crippen LogP contribution in [0.5, 0.6) is 0 Å². The molecule has 1 aromatic rings. The van der Waals surface area contributed by atoms with E-state index < -0.39 is 34.3 Å². The molecule has 0 aromatic heterocycles. The summed E-state index contributed by atoms with van der Waals surface area (Å²) in [4.78, 5) is 0. The summed E-state index contributed by atoms with van der Waals surface area (Å²) in [6, 6.07) is 2.55. The first-order valence-electron chi connectivity index (χ1n) is 5.75. The first-order valence-corrected chi connectivity index (χ1v) is 6.13. The second kappa shape index (κ2) is 6.52.